The second-order valence-electron chi connectivity index (χ2n) is 11.1. The molecule has 0 bridgehead atoms. The largest absolute Gasteiger partial charge is 0.497 e. The number of hydrogen-bond donors (Lipinski definition) is 4. The highest BCUT2D eigenvalue weighted by molar-refractivity contribution is 6.08. The molecule has 3 amide bonds. The molecular weight excluding hydrogens is 522 g/mol. The maximum absolute atomic E-state index is 13.4. The van der Waals surface area contributed by atoms with Crippen LogP contribution in [0.2, 0.25) is 0 Å². The smallest absolute Gasteiger partial charge is 0.328 e. The van der Waals surface area contributed by atoms with Crippen LogP contribution in [-0.2, 0) is 9.53 Å². The zero-order chi connectivity index (χ0) is 30.5. The highest BCUT2D eigenvalue weighted by atomic mass is 16.5. The van der Waals surface area contributed by atoms with E-state index in [9.17, 15) is 19.5 Å². The highest BCUT2D eigenvalue weighted by Gasteiger charge is 2.31. The molecule has 41 heavy (non-hydrogen) atoms. The third kappa shape index (κ3) is 8.31. The summed E-state index contributed by atoms with van der Waals surface area (Å²) in [7, 11) is 1.58. The standard InChI is InChI=1S/C32H39N3O6/c1-18-15-19(2)27(20(3)16-18)35-31(39)33-26-17-23(22-9-12-24(40-8)13-10-22)11-14-25(26)29(36)34-28(30(37)38)21(4)41-32(5,6)7/h9-17,21,28H,1-8H3,(H,34,36)(H,37,38)(H2,33,35,39)/t21?,28-/m0/s1. The number of ether oxygens (including phenoxy) is 2. The van der Waals surface area contributed by atoms with E-state index in [1.54, 1.807) is 53.0 Å². The molecule has 0 saturated heterocycles. The van der Waals surface area contributed by atoms with Gasteiger partial charge in [-0.3, -0.25) is 4.79 Å². The molecule has 0 heterocycles. The molecule has 9 heteroatoms. The maximum atomic E-state index is 13.4. The number of rotatable bonds is 9. The SMILES string of the molecule is COc1ccc(-c2ccc(C(=O)N[C@H](C(=O)O)C(C)OC(C)(C)C)c(NC(=O)Nc3c(C)cc(C)cc3C)c2)cc1. The van der Waals surface area contributed by atoms with Gasteiger partial charge in [-0.25, -0.2) is 9.59 Å². The van der Waals surface area contributed by atoms with Crippen molar-refractivity contribution in [1.29, 1.82) is 0 Å². The predicted octanol–water partition coefficient (Wildman–Crippen LogP) is 6.32. The average Bonchev–Trinajstić information content (AvgIpc) is 2.88. The fourth-order valence-electron chi connectivity index (χ4n) is 4.68. The predicted molar refractivity (Wildman–Crippen MR) is 161 cm³/mol. The minimum atomic E-state index is -1.32. The molecular formula is C32H39N3O6. The van der Waals surface area contributed by atoms with Crippen LogP contribution in [0, 0.1) is 20.8 Å². The minimum Gasteiger partial charge on any atom is -0.497 e. The number of anilines is 2. The van der Waals surface area contributed by atoms with E-state index in [4.69, 9.17) is 9.47 Å². The molecule has 0 aliphatic rings. The quantitative estimate of drug-likeness (QED) is 0.242. The van der Waals surface area contributed by atoms with Crippen molar-refractivity contribution in [2.75, 3.05) is 17.7 Å². The van der Waals surface area contributed by atoms with Crippen molar-refractivity contribution in [3.8, 4) is 16.9 Å². The second-order valence-corrected chi connectivity index (χ2v) is 11.1. The number of amides is 3. The Morgan fingerprint density at radius 2 is 1.44 bits per heavy atom. The molecule has 0 radical (unpaired) electrons. The van der Waals surface area contributed by atoms with Gasteiger partial charge in [-0.15, -0.1) is 0 Å². The number of carboxylic acid groups (broad SMARTS) is 1. The van der Waals surface area contributed by atoms with Crippen LogP contribution in [0.25, 0.3) is 11.1 Å². The Bertz CT molecular complexity index is 1400. The Kier molecular flexibility index (Phi) is 9.78. The van der Waals surface area contributed by atoms with Crippen molar-refractivity contribution in [3.05, 3.63) is 76.9 Å². The van der Waals surface area contributed by atoms with Gasteiger partial charge in [0.15, 0.2) is 6.04 Å². The summed E-state index contributed by atoms with van der Waals surface area (Å²) in [6.45, 7) is 12.8. The minimum absolute atomic E-state index is 0.101. The number of aryl methyl sites for hydroxylation is 3. The number of aliphatic carboxylic acids is 1. The zero-order valence-electron chi connectivity index (χ0n) is 24.8. The Hall–Kier alpha value is -4.37. The van der Waals surface area contributed by atoms with Gasteiger partial charge >= 0.3 is 12.0 Å². The normalized spacial score (nSPS) is 12.7. The first-order valence-corrected chi connectivity index (χ1v) is 13.3. The van der Waals surface area contributed by atoms with Gasteiger partial charge in [0.05, 0.1) is 30.1 Å². The molecule has 4 N–H and O–H groups in total. The fourth-order valence-corrected chi connectivity index (χ4v) is 4.68. The number of urea groups is 1. The van der Waals surface area contributed by atoms with Crippen LogP contribution in [0.1, 0.15) is 54.7 Å². The van der Waals surface area contributed by atoms with Crippen LogP contribution < -0.4 is 20.7 Å². The summed E-state index contributed by atoms with van der Waals surface area (Å²) < 4.78 is 11.0. The van der Waals surface area contributed by atoms with Crippen LogP contribution in [0.5, 0.6) is 5.75 Å². The monoisotopic (exact) mass is 561 g/mol. The van der Waals surface area contributed by atoms with Gasteiger partial charge in [-0.2, -0.15) is 0 Å². The van der Waals surface area contributed by atoms with Gasteiger partial charge in [0.1, 0.15) is 5.75 Å². The Labute approximate surface area is 241 Å². The molecule has 1 unspecified atom stereocenters. The first-order valence-electron chi connectivity index (χ1n) is 13.3. The molecule has 0 aromatic heterocycles. The van der Waals surface area contributed by atoms with Crippen molar-refractivity contribution in [2.45, 2.75) is 66.2 Å². The van der Waals surface area contributed by atoms with E-state index < -0.39 is 35.7 Å². The van der Waals surface area contributed by atoms with E-state index in [1.165, 1.54) is 0 Å². The van der Waals surface area contributed by atoms with Crippen LogP contribution in [0.3, 0.4) is 0 Å². The number of benzene rings is 3. The van der Waals surface area contributed by atoms with Gasteiger partial charge in [-0.1, -0.05) is 35.9 Å². The molecule has 218 valence electrons. The molecule has 0 aliphatic carbocycles. The van der Waals surface area contributed by atoms with Crippen molar-refractivity contribution in [2.24, 2.45) is 0 Å². The molecule has 0 spiro atoms. The molecule has 3 aromatic carbocycles. The van der Waals surface area contributed by atoms with Crippen molar-refractivity contribution in [1.82, 2.24) is 5.32 Å². The van der Waals surface area contributed by atoms with Gasteiger partial charge in [-0.05, 0) is 95.0 Å². The first-order chi connectivity index (χ1) is 19.2. The molecule has 0 saturated carbocycles. The van der Waals surface area contributed by atoms with E-state index in [0.717, 1.165) is 27.8 Å². The number of hydrogen-bond acceptors (Lipinski definition) is 5. The molecule has 9 nitrogen and oxygen atoms in total. The lowest BCUT2D eigenvalue weighted by atomic mass is 10.0. The van der Waals surface area contributed by atoms with Crippen molar-refractivity contribution in [3.63, 3.8) is 0 Å². The summed E-state index contributed by atoms with van der Waals surface area (Å²) in [5.41, 5.74) is 4.82. The van der Waals surface area contributed by atoms with Crippen LogP contribution in [0.4, 0.5) is 16.2 Å². The molecule has 3 aromatic rings. The van der Waals surface area contributed by atoms with Gasteiger partial charge < -0.3 is 30.5 Å². The topological polar surface area (TPSA) is 126 Å². The Morgan fingerprint density at radius 3 is 1.98 bits per heavy atom. The molecule has 2 atom stereocenters. The zero-order valence-corrected chi connectivity index (χ0v) is 24.8. The van der Waals surface area contributed by atoms with Crippen molar-refractivity contribution >= 4 is 29.3 Å². The maximum Gasteiger partial charge on any atom is 0.328 e. The third-order valence-corrected chi connectivity index (χ3v) is 6.41. The number of carbonyl (C=O) groups is 3. The van der Waals surface area contributed by atoms with Crippen LogP contribution in [-0.4, -0.2) is 47.9 Å². The summed E-state index contributed by atoms with van der Waals surface area (Å²) in [6.07, 6.45) is -0.817. The third-order valence-electron chi connectivity index (χ3n) is 6.41. The van der Waals surface area contributed by atoms with E-state index in [0.29, 0.717) is 11.4 Å². The highest BCUT2D eigenvalue weighted by Crippen LogP contribution is 2.29. The summed E-state index contributed by atoms with van der Waals surface area (Å²) >= 11 is 0. The number of carboxylic acids is 1. The molecule has 0 aliphatic heterocycles. The first kappa shape index (κ1) is 31.2. The average molecular weight is 562 g/mol. The van der Waals surface area contributed by atoms with Crippen LogP contribution in [0.15, 0.2) is 54.6 Å². The van der Waals surface area contributed by atoms with E-state index in [2.05, 4.69) is 16.0 Å². The Balaban J connectivity index is 1.97. The number of carbonyl (C=O) groups excluding carboxylic acids is 2. The summed E-state index contributed by atoms with van der Waals surface area (Å²) in [5.74, 6) is -1.21. The van der Waals surface area contributed by atoms with E-state index >= 15 is 0 Å². The summed E-state index contributed by atoms with van der Waals surface area (Å²) in [6, 6.07) is 14.4. The van der Waals surface area contributed by atoms with E-state index in [1.807, 2.05) is 57.2 Å². The van der Waals surface area contributed by atoms with Gasteiger partial charge in [0.2, 0.25) is 0 Å². The van der Waals surface area contributed by atoms with Gasteiger partial charge in [0.25, 0.3) is 5.91 Å². The summed E-state index contributed by atoms with van der Waals surface area (Å²) in [5, 5.41) is 18.1. The Morgan fingerprint density at radius 1 is 0.854 bits per heavy atom. The lowest BCUT2D eigenvalue weighted by Crippen LogP contribution is -2.50. The number of nitrogens with one attached hydrogen (secondary N) is 3. The second kappa shape index (κ2) is 12.9. The fraction of sp³-hybridized carbons (Fsp3) is 0.344. The lowest BCUT2D eigenvalue weighted by Gasteiger charge is -2.29. The van der Waals surface area contributed by atoms with Crippen LogP contribution >= 0.6 is 0 Å². The lowest BCUT2D eigenvalue weighted by molar-refractivity contribution is -0.146. The molecule has 3 rings (SSSR count). The van der Waals surface area contributed by atoms with Crippen molar-refractivity contribution < 1.29 is 29.0 Å². The van der Waals surface area contributed by atoms with Gasteiger partial charge in [0, 0.05) is 5.69 Å². The summed E-state index contributed by atoms with van der Waals surface area (Å²) in [4.78, 5) is 38.7. The van der Waals surface area contributed by atoms with E-state index in [-0.39, 0.29) is 11.3 Å². The molecule has 0 fully saturated rings. The number of methoxy groups -OCH3 is 1.